The molecule has 4 rings (SSSR count). The third-order valence-electron chi connectivity index (χ3n) is 5.86. The lowest BCUT2D eigenvalue weighted by Gasteiger charge is -2.15. The lowest BCUT2D eigenvalue weighted by molar-refractivity contribution is -0.121. The summed E-state index contributed by atoms with van der Waals surface area (Å²) in [5.41, 5.74) is 8.20. The number of aryl methyl sites for hydroxylation is 1. The van der Waals surface area contributed by atoms with Gasteiger partial charge < -0.3 is 4.57 Å². The van der Waals surface area contributed by atoms with Crippen molar-refractivity contribution in [2.24, 2.45) is 0 Å². The van der Waals surface area contributed by atoms with Gasteiger partial charge in [-0.25, -0.2) is 4.98 Å². The van der Waals surface area contributed by atoms with E-state index in [0.29, 0.717) is 11.4 Å². The van der Waals surface area contributed by atoms with Crippen LogP contribution in [-0.4, -0.2) is 21.4 Å². The minimum absolute atomic E-state index is 0.206. The third kappa shape index (κ3) is 5.44. The number of benzene rings is 2. The fourth-order valence-electron chi connectivity index (χ4n) is 4.23. The summed E-state index contributed by atoms with van der Waals surface area (Å²) in [6, 6.07) is 19.3. The number of carbonyl (C=O) groups is 2. The van der Waals surface area contributed by atoms with E-state index in [9.17, 15) is 9.59 Å². The van der Waals surface area contributed by atoms with Gasteiger partial charge in [-0.2, -0.15) is 0 Å². The van der Waals surface area contributed by atoms with Crippen LogP contribution in [0, 0.1) is 0 Å². The summed E-state index contributed by atoms with van der Waals surface area (Å²) in [6.45, 7) is 0.760. The number of imidazole rings is 1. The molecule has 0 aliphatic carbocycles. The molecule has 1 aliphatic rings. The van der Waals surface area contributed by atoms with Crippen LogP contribution in [-0.2, 0) is 24.2 Å². The number of hydrazine groups is 1. The van der Waals surface area contributed by atoms with Crippen molar-refractivity contribution in [2.75, 3.05) is 0 Å². The second-order valence-electron chi connectivity index (χ2n) is 8.28. The summed E-state index contributed by atoms with van der Waals surface area (Å²) in [5.74, 6) is 0.360. The maximum atomic E-state index is 13.3. The summed E-state index contributed by atoms with van der Waals surface area (Å²) < 4.78 is 2.06. The van der Waals surface area contributed by atoms with Gasteiger partial charge in [0.2, 0.25) is 5.91 Å². The summed E-state index contributed by atoms with van der Waals surface area (Å²) in [7, 11) is 0. The van der Waals surface area contributed by atoms with Crippen LogP contribution >= 0.6 is 0 Å². The highest BCUT2D eigenvalue weighted by Gasteiger charge is 2.24. The van der Waals surface area contributed by atoms with Gasteiger partial charge in [0.25, 0.3) is 5.91 Å². The van der Waals surface area contributed by atoms with Gasteiger partial charge in [0.15, 0.2) is 0 Å². The summed E-state index contributed by atoms with van der Waals surface area (Å²) in [5, 5.41) is 0. The van der Waals surface area contributed by atoms with Crippen molar-refractivity contribution >= 4 is 11.8 Å². The van der Waals surface area contributed by atoms with Crippen molar-refractivity contribution in [2.45, 2.75) is 57.9 Å². The van der Waals surface area contributed by atoms with Gasteiger partial charge in [-0.15, -0.1) is 0 Å². The topological polar surface area (TPSA) is 76.0 Å². The Hall–Kier alpha value is -3.41. The standard InChI is InChI=1S/C26H30N4O2/c31-23(19-20-13-7-5-8-14-20)28-29-26(32)25-24(21-15-9-6-10-16-21)27-22-17-11-3-1-2-4-12-18-30(22)25/h5-10,13-16H,1-4,11-12,17-19H2,(H,28,31)(H,29,32). The van der Waals surface area contributed by atoms with E-state index in [1.54, 1.807) is 0 Å². The van der Waals surface area contributed by atoms with Crippen LogP contribution < -0.4 is 10.9 Å². The molecular weight excluding hydrogens is 400 g/mol. The van der Waals surface area contributed by atoms with Crippen LogP contribution in [0.5, 0.6) is 0 Å². The first-order valence-electron chi connectivity index (χ1n) is 11.5. The number of carbonyl (C=O) groups excluding carboxylic acids is 2. The zero-order valence-corrected chi connectivity index (χ0v) is 18.3. The fourth-order valence-corrected chi connectivity index (χ4v) is 4.23. The molecule has 0 unspecified atom stereocenters. The first-order valence-corrected chi connectivity index (χ1v) is 11.5. The normalized spacial score (nSPS) is 14.2. The molecule has 3 aromatic rings. The number of aromatic nitrogens is 2. The van der Waals surface area contributed by atoms with Gasteiger partial charge >= 0.3 is 0 Å². The van der Waals surface area contributed by atoms with E-state index in [0.717, 1.165) is 49.2 Å². The average Bonchev–Trinajstić information content (AvgIpc) is 3.19. The van der Waals surface area contributed by atoms with Crippen molar-refractivity contribution in [1.82, 2.24) is 20.4 Å². The van der Waals surface area contributed by atoms with E-state index in [1.807, 2.05) is 60.7 Å². The minimum atomic E-state index is -0.332. The van der Waals surface area contributed by atoms with E-state index in [2.05, 4.69) is 15.4 Å². The maximum absolute atomic E-state index is 13.3. The molecule has 0 spiro atoms. The van der Waals surface area contributed by atoms with Crippen molar-refractivity contribution in [3.8, 4) is 11.3 Å². The highest BCUT2D eigenvalue weighted by Crippen LogP contribution is 2.26. The molecule has 0 fully saturated rings. The van der Waals surface area contributed by atoms with Crippen LogP contribution in [0.1, 0.15) is 60.4 Å². The highest BCUT2D eigenvalue weighted by atomic mass is 16.2. The molecule has 32 heavy (non-hydrogen) atoms. The van der Waals surface area contributed by atoms with Gasteiger partial charge in [0, 0.05) is 18.5 Å². The molecule has 2 N–H and O–H groups in total. The molecule has 1 aliphatic heterocycles. The SMILES string of the molecule is O=C(Cc1ccccc1)NNC(=O)c1c(-c2ccccc2)nc2n1CCCCCCCC2. The van der Waals surface area contributed by atoms with Gasteiger partial charge in [-0.1, -0.05) is 86.3 Å². The van der Waals surface area contributed by atoms with Crippen LogP contribution in [0.25, 0.3) is 11.3 Å². The van der Waals surface area contributed by atoms with Gasteiger partial charge in [-0.3, -0.25) is 20.4 Å². The molecule has 0 bridgehead atoms. The number of hydrogen-bond acceptors (Lipinski definition) is 3. The molecule has 6 heteroatoms. The van der Waals surface area contributed by atoms with Gasteiger partial charge in [0.1, 0.15) is 17.2 Å². The average molecular weight is 431 g/mol. The van der Waals surface area contributed by atoms with Crippen molar-refractivity contribution in [1.29, 1.82) is 0 Å². The Labute approximate surface area is 189 Å². The van der Waals surface area contributed by atoms with E-state index >= 15 is 0 Å². The summed E-state index contributed by atoms with van der Waals surface area (Å²) in [4.78, 5) is 30.6. The van der Waals surface area contributed by atoms with Crippen molar-refractivity contribution < 1.29 is 9.59 Å². The Kier molecular flexibility index (Phi) is 7.33. The number of nitrogens with zero attached hydrogens (tertiary/aromatic N) is 2. The Morgan fingerprint density at radius 1 is 0.812 bits per heavy atom. The summed E-state index contributed by atoms with van der Waals surface area (Å²) in [6.07, 6.45) is 7.96. The second-order valence-corrected chi connectivity index (χ2v) is 8.28. The van der Waals surface area contributed by atoms with Gasteiger partial charge in [0.05, 0.1) is 6.42 Å². The number of nitrogens with one attached hydrogen (secondary N) is 2. The zero-order valence-electron chi connectivity index (χ0n) is 18.3. The zero-order chi connectivity index (χ0) is 22.2. The smallest absolute Gasteiger partial charge is 0.288 e. The molecule has 1 aromatic heterocycles. The third-order valence-corrected chi connectivity index (χ3v) is 5.86. The molecule has 2 aromatic carbocycles. The Balaban J connectivity index is 1.58. The van der Waals surface area contributed by atoms with Crippen LogP contribution in [0.4, 0.5) is 0 Å². The van der Waals surface area contributed by atoms with Crippen LogP contribution in [0.15, 0.2) is 60.7 Å². The quantitative estimate of drug-likeness (QED) is 0.601. The van der Waals surface area contributed by atoms with Crippen LogP contribution in [0.3, 0.4) is 0 Å². The molecule has 0 saturated heterocycles. The first kappa shape index (κ1) is 21.8. The largest absolute Gasteiger partial charge is 0.323 e. The predicted octanol–water partition coefficient (Wildman–Crippen LogP) is 4.45. The Morgan fingerprint density at radius 2 is 1.47 bits per heavy atom. The number of amides is 2. The minimum Gasteiger partial charge on any atom is -0.323 e. The molecule has 0 atom stereocenters. The molecule has 2 amide bonds. The van der Waals surface area contributed by atoms with E-state index in [1.165, 1.54) is 19.3 Å². The Morgan fingerprint density at radius 3 is 2.22 bits per heavy atom. The Bertz CT molecular complexity index is 1040. The first-order chi connectivity index (χ1) is 15.7. The lowest BCUT2D eigenvalue weighted by atomic mass is 10.1. The predicted molar refractivity (Wildman–Crippen MR) is 125 cm³/mol. The van der Waals surface area contributed by atoms with Crippen LogP contribution in [0.2, 0.25) is 0 Å². The molecule has 0 saturated carbocycles. The molecule has 2 heterocycles. The molecule has 0 radical (unpaired) electrons. The lowest BCUT2D eigenvalue weighted by Crippen LogP contribution is -2.43. The monoisotopic (exact) mass is 430 g/mol. The van der Waals surface area contributed by atoms with E-state index in [4.69, 9.17) is 4.98 Å². The van der Waals surface area contributed by atoms with E-state index in [-0.39, 0.29) is 18.2 Å². The highest BCUT2D eigenvalue weighted by molar-refractivity contribution is 5.99. The van der Waals surface area contributed by atoms with Gasteiger partial charge in [-0.05, 0) is 18.4 Å². The number of rotatable bonds is 4. The molecular formula is C26H30N4O2. The molecule has 166 valence electrons. The molecule has 6 nitrogen and oxygen atoms in total. The maximum Gasteiger partial charge on any atom is 0.288 e. The van der Waals surface area contributed by atoms with Crippen molar-refractivity contribution in [3.05, 3.63) is 77.7 Å². The van der Waals surface area contributed by atoms with Crippen molar-refractivity contribution in [3.63, 3.8) is 0 Å². The number of fused-ring (bicyclic) bond motifs is 1. The number of hydrogen-bond donors (Lipinski definition) is 2. The fraction of sp³-hybridized carbons (Fsp3) is 0.346. The summed E-state index contributed by atoms with van der Waals surface area (Å²) >= 11 is 0. The van der Waals surface area contributed by atoms with E-state index < -0.39 is 0 Å². The second kappa shape index (κ2) is 10.8.